The predicted molar refractivity (Wildman–Crippen MR) is 85.1 cm³/mol. The van der Waals surface area contributed by atoms with Crippen LogP contribution in [-0.4, -0.2) is 47.3 Å². The van der Waals surface area contributed by atoms with Crippen LogP contribution in [-0.2, 0) is 16.0 Å². The third-order valence-corrected chi connectivity index (χ3v) is 3.90. The Hall–Kier alpha value is -2.48. The molecular formula is C15H20N4O4. The van der Waals surface area contributed by atoms with Crippen molar-refractivity contribution in [2.24, 2.45) is 5.73 Å². The zero-order chi connectivity index (χ0) is 17.1. The Morgan fingerprint density at radius 3 is 2.65 bits per heavy atom. The number of nitrogens with two attached hydrogens (primary N) is 1. The monoisotopic (exact) mass is 320 g/mol. The molecule has 23 heavy (non-hydrogen) atoms. The van der Waals surface area contributed by atoms with Gasteiger partial charge in [-0.1, -0.05) is 6.07 Å². The van der Waals surface area contributed by atoms with Crippen molar-refractivity contribution in [2.75, 3.05) is 24.5 Å². The Balaban J connectivity index is 2.18. The number of nitrogens with zero attached hydrogens (tertiary/aromatic N) is 3. The lowest BCUT2D eigenvalue weighted by atomic mass is 10.1. The molecule has 124 valence electrons. The minimum Gasteiger partial charge on any atom is -0.369 e. The van der Waals surface area contributed by atoms with Crippen LogP contribution in [0.1, 0.15) is 19.4 Å². The Labute approximate surface area is 134 Å². The van der Waals surface area contributed by atoms with Gasteiger partial charge in [0.05, 0.1) is 23.7 Å². The SMILES string of the molecule is CC(C)N(CC(N)=O)CC(=O)N1CCc2ccc([N+](=O)[O-])cc21. The van der Waals surface area contributed by atoms with Gasteiger partial charge in [-0.25, -0.2) is 0 Å². The van der Waals surface area contributed by atoms with E-state index in [1.54, 1.807) is 15.9 Å². The van der Waals surface area contributed by atoms with Crippen LogP contribution in [0.15, 0.2) is 18.2 Å². The van der Waals surface area contributed by atoms with Crippen molar-refractivity contribution in [1.29, 1.82) is 0 Å². The Morgan fingerprint density at radius 1 is 1.39 bits per heavy atom. The third kappa shape index (κ3) is 3.84. The van der Waals surface area contributed by atoms with E-state index in [0.29, 0.717) is 18.7 Å². The van der Waals surface area contributed by atoms with E-state index in [4.69, 9.17) is 5.73 Å². The molecule has 1 aliphatic heterocycles. The first-order valence-electron chi connectivity index (χ1n) is 7.39. The van der Waals surface area contributed by atoms with Crippen LogP contribution >= 0.6 is 0 Å². The average molecular weight is 320 g/mol. The molecule has 1 aliphatic rings. The van der Waals surface area contributed by atoms with Crippen molar-refractivity contribution in [3.8, 4) is 0 Å². The number of amides is 2. The van der Waals surface area contributed by atoms with Crippen molar-refractivity contribution in [1.82, 2.24) is 4.90 Å². The highest BCUT2D eigenvalue weighted by Gasteiger charge is 2.28. The van der Waals surface area contributed by atoms with E-state index in [9.17, 15) is 19.7 Å². The lowest BCUT2D eigenvalue weighted by molar-refractivity contribution is -0.384. The van der Waals surface area contributed by atoms with E-state index in [2.05, 4.69) is 0 Å². The van der Waals surface area contributed by atoms with Crippen LogP contribution in [0.2, 0.25) is 0 Å². The molecule has 0 aliphatic carbocycles. The summed E-state index contributed by atoms with van der Waals surface area (Å²) in [7, 11) is 0. The Morgan fingerprint density at radius 2 is 2.09 bits per heavy atom. The first kappa shape index (κ1) is 16.9. The number of hydrogen-bond acceptors (Lipinski definition) is 5. The summed E-state index contributed by atoms with van der Waals surface area (Å²) in [6, 6.07) is 4.54. The Bertz CT molecular complexity index is 644. The predicted octanol–water partition coefficient (Wildman–Crippen LogP) is 0.680. The first-order valence-corrected chi connectivity index (χ1v) is 7.39. The van der Waals surface area contributed by atoms with Gasteiger partial charge in [-0.15, -0.1) is 0 Å². The number of non-ortho nitro benzene ring substituents is 1. The highest BCUT2D eigenvalue weighted by molar-refractivity contribution is 5.97. The topological polar surface area (TPSA) is 110 Å². The highest BCUT2D eigenvalue weighted by Crippen LogP contribution is 2.31. The second-order valence-corrected chi connectivity index (χ2v) is 5.83. The zero-order valence-electron chi connectivity index (χ0n) is 13.2. The summed E-state index contributed by atoms with van der Waals surface area (Å²) in [4.78, 5) is 37.3. The summed E-state index contributed by atoms with van der Waals surface area (Å²) in [5.74, 6) is -0.692. The molecular weight excluding hydrogens is 300 g/mol. The number of carbonyl (C=O) groups is 2. The molecule has 0 aromatic heterocycles. The van der Waals surface area contributed by atoms with Crippen LogP contribution in [0.3, 0.4) is 0 Å². The van der Waals surface area contributed by atoms with E-state index >= 15 is 0 Å². The van der Waals surface area contributed by atoms with Gasteiger partial charge in [-0.05, 0) is 25.8 Å². The van der Waals surface area contributed by atoms with Gasteiger partial charge in [0.25, 0.3) is 5.69 Å². The maximum Gasteiger partial charge on any atom is 0.271 e. The lowest BCUT2D eigenvalue weighted by Gasteiger charge is -2.27. The van der Waals surface area contributed by atoms with Gasteiger partial charge >= 0.3 is 0 Å². The van der Waals surface area contributed by atoms with Gasteiger partial charge in [0.1, 0.15) is 0 Å². The van der Waals surface area contributed by atoms with Gasteiger partial charge in [0.2, 0.25) is 11.8 Å². The molecule has 0 atom stereocenters. The molecule has 8 heteroatoms. The minimum absolute atomic E-state index is 0.000951. The van der Waals surface area contributed by atoms with Crippen LogP contribution in [0.25, 0.3) is 0 Å². The smallest absolute Gasteiger partial charge is 0.271 e. The number of rotatable bonds is 6. The number of primary amides is 1. The van der Waals surface area contributed by atoms with Crippen molar-refractivity contribution < 1.29 is 14.5 Å². The lowest BCUT2D eigenvalue weighted by Crippen LogP contribution is -2.45. The maximum atomic E-state index is 12.5. The fourth-order valence-electron chi connectivity index (χ4n) is 2.62. The van der Waals surface area contributed by atoms with Crippen molar-refractivity contribution in [3.05, 3.63) is 33.9 Å². The molecule has 8 nitrogen and oxygen atoms in total. The number of fused-ring (bicyclic) bond motifs is 1. The molecule has 0 fully saturated rings. The Kier molecular flexibility index (Phi) is 4.95. The number of carbonyl (C=O) groups excluding carboxylic acids is 2. The first-order chi connectivity index (χ1) is 10.8. The summed E-state index contributed by atoms with van der Waals surface area (Å²) in [5.41, 5.74) is 6.66. The fraction of sp³-hybridized carbons (Fsp3) is 0.467. The molecule has 1 heterocycles. The number of anilines is 1. The third-order valence-electron chi connectivity index (χ3n) is 3.90. The minimum atomic E-state index is -0.496. The molecule has 2 amide bonds. The van der Waals surface area contributed by atoms with E-state index in [1.807, 2.05) is 13.8 Å². The number of benzene rings is 1. The number of nitro groups is 1. The van der Waals surface area contributed by atoms with Crippen LogP contribution in [0.5, 0.6) is 0 Å². The van der Waals surface area contributed by atoms with Gasteiger partial charge < -0.3 is 10.6 Å². The van der Waals surface area contributed by atoms with Crippen LogP contribution in [0.4, 0.5) is 11.4 Å². The van der Waals surface area contributed by atoms with E-state index in [-0.39, 0.29) is 30.7 Å². The van der Waals surface area contributed by atoms with E-state index < -0.39 is 10.8 Å². The van der Waals surface area contributed by atoms with E-state index in [0.717, 1.165) is 5.56 Å². The van der Waals surface area contributed by atoms with Crippen molar-refractivity contribution >= 4 is 23.2 Å². The van der Waals surface area contributed by atoms with Gasteiger partial charge in [0.15, 0.2) is 0 Å². The van der Waals surface area contributed by atoms with Gasteiger partial charge in [-0.2, -0.15) is 0 Å². The van der Waals surface area contributed by atoms with Crippen molar-refractivity contribution in [3.63, 3.8) is 0 Å². The molecule has 1 aromatic rings. The molecule has 2 N–H and O–H groups in total. The number of hydrogen-bond donors (Lipinski definition) is 1. The fourth-order valence-corrected chi connectivity index (χ4v) is 2.62. The summed E-state index contributed by atoms with van der Waals surface area (Å²) in [5, 5.41) is 10.9. The molecule has 0 spiro atoms. The molecule has 1 aromatic carbocycles. The molecule has 0 saturated heterocycles. The highest BCUT2D eigenvalue weighted by atomic mass is 16.6. The largest absolute Gasteiger partial charge is 0.369 e. The summed E-state index contributed by atoms with van der Waals surface area (Å²) < 4.78 is 0. The zero-order valence-corrected chi connectivity index (χ0v) is 13.2. The van der Waals surface area contributed by atoms with Crippen molar-refractivity contribution in [2.45, 2.75) is 26.3 Å². The molecule has 0 saturated carbocycles. The summed E-state index contributed by atoms with van der Waals surface area (Å²) >= 11 is 0. The summed E-state index contributed by atoms with van der Waals surface area (Å²) in [6.07, 6.45) is 0.663. The standard InChI is InChI=1S/C15H20N4O4/c1-10(2)17(8-14(16)20)9-15(21)18-6-5-11-3-4-12(19(22)23)7-13(11)18/h3-4,7,10H,5-6,8-9H2,1-2H3,(H2,16,20). The van der Waals surface area contributed by atoms with Gasteiger partial charge in [0, 0.05) is 24.7 Å². The number of nitro benzene ring substituents is 1. The molecule has 0 unspecified atom stereocenters. The normalized spacial score (nSPS) is 13.5. The molecule has 0 radical (unpaired) electrons. The maximum absolute atomic E-state index is 12.5. The van der Waals surface area contributed by atoms with Crippen LogP contribution < -0.4 is 10.6 Å². The second kappa shape index (κ2) is 6.74. The molecule has 2 rings (SSSR count). The molecule has 0 bridgehead atoms. The second-order valence-electron chi connectivity index (χ2n) is 5.83. The van der Waals surface area contributed by atoms with Crippen LogP contribution in [0, 0.1) is 10.1 Å². The average Bonchev–Trinajstić information content (AvgIpc) is 2.88. The van der Waals surface area contributed by atoms with Gasteiger partial charge in [-0.3, -0.25) is 24.6 Å². The summed E-state index contributed by atoms with van der Waals surface area (Å²) in [6.45, 7) is 4.28. The van der Waals surface area contributed by atoms with E-state index in [1.165, 1.54) is 12.1 Å². The quantitative estimate of drug-likeness (QED) is 0.612.